The van der Waals surface area contributed by atoms with Gasteiger partial charge in [0, 0.05) is 19.3 Å². The molecule has 0 saturated heterocycles. The van der Waals surface area contributed by atoms with E-state index in [2.05, 4.69) is 93.7 Å². The van der Waals surface area contributed by atoms with Crippen LogP contribution in [0.4, 0.5) is 0 Å². The predicted octanol–water partition coefficient (Wildman–Crippen LogP) is 22.1. The van der Waals surface area contributed by atoms with Gasteiger partial charge < -0.3 is 14.2 Å². The maximum atomic E-state index is 12.8. The van der Waals surface area contributed by atoms with Crippen LogP contribution in [-0.2, 0) is 28.6 Å². The van der Waals surface area contributed by atoms with Gasteiger partial charge in [-0.05, 0) is 89.9 Å². The molecule has 0 bridgehead atoms. The third kappa shape index (κ3) is 61.6. The number of rotatable bonds is 59. The maximum absolute atomic E-state index is 12.8. The standard InChI is InChI=1S/C69H122O6/c1-4-7-10-13-16-18-20-22-24-26-28-29-30-31-32-33-34-35-36-37-38-39-40-41-42-44-45-47-49-51-53-56-59-62-68(71)74-65-66(64-73-67(70)61-58-55-15-12-9-6-3)75-69(72)63-60-57-54-52-50-48-46-43-27-25-23-21-19-17-14-11-8-5-2/h7,10,16,18-19,21-22,24-25,27-29,66H,4-6,8-9,11-15,17,20,23,26,30-65H2,1-3H3/b10-7-,18-16-,21-19-,24-22-,27-25-,29-28-. The van der Waals surface area contributed by atoms with Crippen molar-refractivity contribution in [3.05, 3.63) is 72.9 Å². The van der Waals surface area contributed by atoms with Gasteiger partial charge in [-0.3, -0.25) is 14.4 Å². The van der Waals surface area contributed by atoms with Gasteiger partial charge in [-0.1, -0.05) is 293 Å². The number of carbonyl (C=O) groups is 3. The second kappa shape index (κ2) is 63.4. The zero-order valence-electron chi connectivity index (χ0n) is 49.8. The largest absolute Gasteiger partial charge is 0.462 e. The van der Waals surface area contributed by atoms with E-state index in [0.29, 0.717) is 19.3 Å². The fourth-order valence-electron chi connectivity index (χ4n) is 9.35. The van der Waals surface area contributed by atoms with Gasteiger partial charge in [0.15, 0.2) is 6.10 Å². The van der Waals surface area contributed by atoms with Crippen LogP contribution < -0.4 is 0 Å². The van der Waals surface area contributed by atoms with Gasteiger partial charge in [-0.25, -0.2) is 0 Å². The maximum Gasteiger partial charge on any atom is 0.306 e. The van der Waals surface area contributed by atoms with Crippen molar-refractivity contribution in [3.63, 3.8) is 0 Å². The Morgan fingerprint density at radius 3 is 0.827 bits per heavy atom. The van der Waals surface area contributed by atoms with Gasteiger partial charge in [0.2, 0.25) is 0 Å². The van der Waals surface area contributed by atoms with Gasteiger partial charge in [-0.15, -0.1) is 0 Å². The summed E-state index contributed by atoms with van der Waals surface area (Å²) in [6.07, 6.45) is 82.5. The van der Waals surface area contributed by atoms with Crippen molar-refractivity contribution < 1.29 is 28.6 Å². The minimum absolute atomic E-state index is 0.0742. The van der Waals surface area contributed by atoms with Gasteiger partial charge in [0.25, 0.3) is 0 Å². The predicted molar refractivity (Wildman–Crippen MR) is 325 cm³/mol. The van der Waals surface area contributed by atoms with Crippen molar-refractivity contribution in [1.29, 1.82) is 0 Å². The van der Waals surface area contributed by atoms with Crippen LogP contribution in [0.1, 0.15) is 329 Å². The third-order valence-electron chi connectivity index (χ3n) is 14.2. The average Bonchev–Trinajstić information content (AvgIpc) is 3.41. The summed E-state index contributed by atoms with van der Waals surface area (Å²) in [6.45, 7) is 6.48. The van der Waals surface area contributed by atoms with Crippen LogP contribution in [0.2, 0.25) is 0 Å². The molecule has 434 valence electrons. The quantitative estimate of drug-likeness (QED) is 0.0261. The number of allylic oxidation sites excluding steroid dienone is 12. The average molecular weight is 1050 g/mol. The molecule has 6 heteroatoms. The SMILES string of the molecule is CC/C=C\C/C=C\C/C=C\C/C=C\CCCCCCCCCCCCCCCCCCCCCCC(=O)OCC(COC(=O)CCCCCCCC)OC(=O)CCCCCCCCC/C=C\C/C=C\CCCCCC. The lowest BCUT2D eigenvalue weighted by Crippen LogP contribution is -2.30. The summed E-state index contributed by atoms with van der Waals surface area (Å²) in [4.78, 5) is 38.0. The van der Waals surface area contributed by atoms with Crippen molar-refractivity contribution in [2.45, 2.75) is 335 Å². The smallest absolute Gasteiger partial charge is 0.306 e. The first-order chi connectivity index (χ1) is 37.0. The molecule has 6 nitrogen and oxygen atoms in total. The molecule has 0 rings (SSSR count). The van der Waals surface area contributed by atoms with Crippen molar-refractivity contribution in [1.82, 2.24) is 0 Å². The Hall–Kier alpha value is -3.15. The van der Waals surface area contributed by atoms with Crippen LogP contribution in [0.3, 0.4) is 0 Å². The highest BCUT2D eigenvalue weighted by atomic mass is 16.6. The van der Waals surface area contributed by atoms with E-state index < -0.39 is 6.10 Å². The van der Waals surface area contributed by atoms with Crippen LogP contribution >= 0.6 is 0 Å². The number of ether oxygens (including phenoxy) is 3. The van der Waals surface area contributed by atoms with Crippen molar-refractivity contribution in [2.75, 3.05) is 13.2 Å². The molecule has 75 heavy (non-hydrogen) atoms. The van der Waals surface area contributed by atoms with E-state index in [4.69, 9.17) is 14.2 Å². The Morgan fingerprint density at radius 1 is 0.280 bits per heavy atom. The minimum atomic E-state index is -0.774. The van der Waals surface area contributed by atoms with Crippen LogP contribution in [0.25, 0.3) is 0 Å². The summed E-state index contributed by atoms with van der Waals surface area (Å²) in [5.74, 6) is -0.877. The zero-order chi connectivity index (χ0) is 54.3. The Morgan fingerprint density at radius 2 is 0.520 bits per heavy atom. The van der Waals surface area contributed by atoms with E-state index in [1.165, 1.54) is 193 Å². The molecule has 0 fully saturated rings. The van der Waals surface area contributed by atoms with E-state index >= 15 is 0 Å². The normalized spacial score (nSPS) is 12.5. The van der Waals surface area contributed by atoms with Crippen molar-refractivity contribution in [2.24, 2.45) is 0 Å². The summed E-state index contributed by atoms with van der Waals surface area (Å²) in [6, 6.07) is 0. The molecule has 0 aliphatic heterocycles. The van der Waals surface area contributed by atoms with E-state index in [1.807, 2.05) is 0 Å². The van der Waals surface area contributed by atoms with Crippen LogP contribution in [0, 0.1) is 0 Å². The summed E-state index contributed by atoms with van der Waals surface area (Å²) in [5, 5.41) is 0. The van der Waals surface area contributed by atoms with Gasteiger partial charge >= 0.3 is 17.9 Å². The second-order valence-corrected chi connectivity index (χ2v) is 21.6. The molecule has 0 heterocycles. The van der Waals surface area contributed by atoms with E-state index in [0.717, 1.165) is 96.3 Å². The molecular formula is C69H122O6. The molecule has 0 aromatic carbocycles. The minimum Gasteiger partial charge on any atom is -0.462 e. The highest BCUT2D eigenvalue weighted by Gasteiger charge is 2.19. The Labute approximate surface area is 465 Å². The highest BCUT2D eigenvalue weighted by molar-refractivity contribution is 5.71. The molecule has 0 spiro atoms. The molecule has 0 aromatic heterocycles. The molecule has 0 aromatic rings. The Bertz CT molecular complexity index is 1390. The van der Waals surface area contributed by atoms with E-state index in [1.54, 1.807) is 0 Å². The van der Waals surface area contributed by atoms with Gasteiger partial charge in [0.05, 0.1) is 0 Å². The number of carbonyl (C=O) groups excluding carboxylic acids is 3. The Kier molecular flexibility index (Phi) is 60.7. The number of hydrogen-bond donors (Lipinski definition) is 0. The highest BCUT2D eigenvalue weighted by Crippen LogP contribution is 2.17. The molecular weight excluding hydrogens is 925 g/mol. The first-order valence-electron chi connectivity index (χ1n) is 32.4. The molecule has 0 amide bonds. The van der Waals surface area contributed by atoms with Crippen molar-refractivity contribution in [3.8, 4) is 0 Å². The van der Waals surface area contributed by atoms with Crippen LogP contribution in [0.5, 0.6) is 0 Å². The summed E-state index contributed by atoms with van der Waals surface area (Å²) < 4.78 is 16.8. The monoisotopic (exact) mass is 1050 g/mol. The molecule has 0 N–H and O–H groups in total. The van der Waals surface area contributed by atoms with Gasteiger partial charge in [0.1, 0.15) is 13.2 Å². The second-order valence-electron chi connectivity index (χ2n) is 21.6. The summed E-state index contributed by atoms with van der Waals surface area (Å²) >= 11 is 0. The lowest BCUT2D eigenvalue weighted by Gasteiger charge is -2.18. The summed E-state index contributed by atoms with van der Waals surface area (Å²) in [5.41, 5.74) is 0. The first kappa shape index (κ1) is 71.8. The van der Waals surface area contributed by atoms with Crippen molar-refractivity contribution >= 4 is 17.9 Å². The lowest BCUT2D eigenvalue weighted by molar-refractivity contribution is -0.167. The number of hydrogen-bond acceptors (Lipinski definition) is 6. The van der Waals surface area contributed by atoms with E-state index in [9.17, 15) is 14.4 Å². The number of esters is 3. The van der Waals surface area contributed by atoms with Crippen LogP contribution in [0.15, 0.2) is 72.9 Å². The molecule has 1 atom stereocenters. The van der Waals surface area contributed by atoms with E-state index in [-0.39, 0.29) is 31.1 Å². The van der Waals surface area contributed by atoms with Crippen LogP contribution in [-0.4, -0.2) is 37.2 Å². The summed E-state index contributed by atoms with van der Waals surface area (Å²) in [7, 11) is 0. The molecule has 0 saturated carbocycles. The van der Waals surface area contributed by atoms with Gasteiger partial charge in [-0.2, -0.15) is 0 Å². The third-order valence-corrected chi connectivity index (χ3v) is 14.2. The topological polar surface area (TPSA) is 78.9 Å². The number of unbranched alkanes of at least 4 members (excludes halogenated alkanes) is 36. The lowest BCUT2D eigenvalue weighted by atomic mass is 10.0. The fourth-order valence-corrected chi connectivity index (χ4v) is 9.35. The Balaban J connectivity index is 3.97. The fraction of sp³-hybridized carbons (Fsp3) is 0.783. The zero-order valence-corrected chi connectivity index (χ0v) is 49.8. The molecule has 1 unspecified atom stereocenters. The first-order valence-corrected chi connectivity index (χ1v) is 32.4. The molecule has 0 aliphatic rings. The molecule has 0 radical (unpaired) electrons. The molecule has 0 aliphatic carbocycles.